The summed E-state index contributed by atoms with van der Waals surface area (Å²) in [6.45, 7) is 5.33. The molecule has 30 heavy (non-hydrogen) atoms. The van der Waals surface area contributed by atoms with Gasteiger partial charge in [-0.25, -0.2) is 4.79 Å². The number of amides is 2. The zero-order valence-corrected chi connectivity index (χ0v) is 17.5. The summed E-state index contributed by atoms with van der Waals surface area (Å²) in [7, 11) is 0. The Kier molecular flexibility index (Phi) is 8.41. The number of hydrogen-bond donors (Lipinski definition) is 2. The van der Waals surface area contributed by atoms with Gasteiger partial charge >= 0.3 is 5.97 Å². The molecule has 2 aromatic rings. The van der Waals surface area contributed by atoms with Crippen molar-refractivity contribution in [1.82, 2.24) is 5.32 Å². The minimum atomic E-state index is -0.727. The van der Waals surface area contributed by atoms with Crippen LogP contribution in [-0.4, -0.2) is 31.0 Å². The Balaban J connectivity index is 1.77. The third kappa shape index (κ3) is 7.24. The van der Waals surface area contributed by atoms with Gasteiger partial charge in [-0.1, -0.05) is 50.2 Å². The summed E-state index contributed by atoms with van der Waals surface area (Å²) in [5, 5.41) is 2.79. The van der Waals surface area contributed by atoms with Crippen molar-refractivity contribution >= 4 is 17.8 Å². The molecule has 0 aliphatic heterocycles. The topological polar surface area (TPSA) is 108 Å². The van der Waals surface area contributed by atoms with Gasteiger partial charge in [-0.2, -0.15) is 0 Å². The maximum Gasteiger partial charge on any atom is 0.344 e. The lowest BCUT2D eigenvalue weighted by Gasteiger charge is -2.15. The first-order valence-corrected chi connectivity index (χ1v) is 9.81. The number of rotatable bonds is 10. The highest BCUT2D eigenvalue weighted by Crippen LogP contribution is 2.17. The standard InChI is InChI=1S/C23H28N2O5/c1-15(2)12-17-8-10-18(11-9-17)16(3)25-21(26)13-30-22(27)14-29-20-7-5-4-6-19(20)23(24)28/h4-11,15-16H,12-14H2,1-3H3,(H2,24,28)(H,25,26)/t16-/m0/s1. The van der Waals surface area contributed by atoms with Crippen LogP contribution in [0, 0.1) is 5.92 Å². The van der Waals surface area contributed by atoms with E-state index in [4.69, 9.17) is 15.2 Å². The van der Waals surface area contributed by atoms with E-state index in [1.54, 1.807) is 12.1 Å². The van der Waals surface area contributed by atoms with Crippen molar-refractivity contribution in [2.24, 2.45) is 11.7 Å². The van der Waals surface area contributed by atoms with Gasteiger partial charge < -0.3 is 20.5 Å². The Labute approximate surface area is 176 Å². The maximum absolute atomic E-state index is 12.1. The fourth-order valence-electron chi connectivity index (χ4n) is 2.90. The lowest BCUT2D eigenvalue weighted by Crippen LogP contribution is -2.32. The zero-order chi connectivity index (χ0) is 22.1. The molecule has 0 bridgehead atoms. The van der Waals surface area contributed by atoms with E-state index in [-0.39, 0.29) is 17.4 Å². The third-order valence-corrected chi connectivity index (χ3v) is 4.36. The van der Waals surface area contributed by atoms with Gasteiger partial charge in [-0.3, -0.25) is 9.59 Å². The van der Waals surface area contributed by atoms with E-state index < -0.39 is 31.0 Å². The van der Waals surface area contributed by atoms with Gasteiger partial charge in [0.1, 0.15) is 5.75 Å². The predicted octanol–water partition coefficient (Wildman–Crippen LogP) is 2.78. The Bertz CT molecular complexity index is 877. The highest BCUT2D eigenvalue weighted by molar-refractivity contribution is 5.95. The van der Waals surface area contributed by atoms with Crippen molar-refractivity contribution < 1.29 is 23.9 Å². The van der Waals surface area contributed by atoms with Crippen molar-refractivity contribution in [2.75, 3.05) is 13.2 Å². The maximum atomic E-state index is 12.1. The van der Waals surface area contributed by atoms with Crippen molar-refractivity contribution in [1.29, 1.82) is 0 Å². The molecule has 0 aliphatic rings. The minimum Gasteiger partial charge on any atom is -0.481 e. The number of carbonyl (C=O) groups excluding carboxylic acids is 3. The Morgan fingerprint density at radius 1 is 0.967 bits per heavy atom. The SMILES string of the molecule is CC(C)Cc1ccc([C@H](C)NC(=O)COC(=O)COc2ccccc2C(N)=O)cc1. The molecule has 2 rings (SSSR count). The van der Waals surface area contributed by atoms with Crippen LogP contribution < -0.4 is 15.8 Å². The highest BCUT2D eigenvalue weighted by Gasteiger charge is 2.14. The summed E-state index contributed by atoms with van der Waals surface area (Å²) in [5.74, 6) is -1.05. The lowest BCUT2D eigenvalue weighted by molar-refractivity contribution is -0.150. The van der Waals surface area contributed by atoms with Crippen molar-refractivity contribution in [3.63, 3.8) is 0 Å². The molecule has 0 spiro atoms. The fourth-order valence-corrected chi connectivity index (χ4v) is 2.90. The average molecular weight is 412 g/mol. The molecule has 3 N–H and O–H groups in total. The summed E-state index contributed by atoms with van der Waals surface area (Å²) in [6.07, 6.45) is 1.00. The number of para-hydroxylation sites is 1. The molecule has 0 saturated carbocycles. The number of nitrogens with two attached hydrogens (primary N) is 1. The number of nitrogens with one attached hydrogen (secondary N) is 1. The summed E-state index contributed by atoms with van der Waals surface area (Å²) >= 11 is 0. The van der Waals surface area contributed by atoms with Gasteiger partial charge in [0.15, 0.2) is 13.2 Å². The Morgan fingerprint density at radius 3 is 2.27 bits per heavy atom. The lowest BCUT2D eigenvalue weighted by atomic mass is 10.00. The van der Waals surface area contributed by atoms with Crippen LogP contribution in [0.3, 0.4) is 0 Å². The van der Waals surface area contributed by atoms with Gasteiger partial charge in [0.25, 0.3) is 11.8 Å². The van der Waals surface area contributed by atoms with Crippen LogP contribution >= 0.6 is 0 Å². The van der Waals surface area contributed by atoms with Crippen LogP contribution in [-0.2, 0) is 20.7 Å². The molecule has 7 heteroatoms. The first kappa shape index (κ1) is 22.9. The van der Waals surface area contributed by atoms with Gasteiger partial charge in [-0.15, -0.1) is 0 Å². The third-order valence-electron chi connectivity index (χ3n) is 4.36. The molecule has 0 aliphatic carbocycles. The molecule has 2 amide bonds. The van der Waals surface area contributed by atoms with Crippen LogP contribution in [0.5, 0.6) is 5.75 Å². The molecule has 2 aromatic carbocycles. The average Bonchev–Trinajstić information content (AvgIpc) is 2.70. The molecule has 7 nitrogen and oxygen atoms in total. The second-order valence-electron chi connectivity index (χ2n) is 7.44. The van der Waals surface area contributed by atoms with E-state index >= 15 is 0 Å². The number of benzene rings is 2. The molecule has 0 fully saturated rings. The second kappa shape index (κ2) is 11.0. The highest BCUT2D eigenvalue weighted by atomic mass is 16.6. The minimum absolute atomic E-state index is 0.163. The molecular formula is C23H28N2O5. The zero-order valence-electron chi connectivity index (χ0n) is 17.5. The van der Waals surface area contributed by atoms with Crippen LogP contribution in [0.15, 0.2) is 48.5 Å². The molecule has 0 heterocycles. The fraction of sp³-hybridized carbons (Fsp3) is 0.348. The number of primary amides is 1. The molecular weight excluding hydrogens is 384 g/mol. The number of carbonyl (C=O) groups is 3. The largest absolute Gasteiger partial charge is 0.481 e. The van der Waals surface area contributed by atoms with Crippen molar-refractivity contribution in [3.8, 4) is 5.75 Å². The van der Waals surface area contributed by atoms with Crippen LogP contribution in [0.2, 0.25) is 0 Å². The van der Waals surface area contributed by atoms with Crippen molar-refractivity contribution in [2.45, 2.75) is 33.2 Å². The van der Waals surface area contributed by atoms with Crippen LogP contribution in [0.4, 0.5) is 0 Å². The predicted molar refractivity (Wildman–Crippen MR) is 113 cm³/mol. The first-order valence-electron chi connectivity index (χ1n) is 9.81. The van der Waals surface area contributed by atoms with Crippen LogP contribution in [0.25, 0.3) is 0 Å². The molecule has 0 unspecified atom stereocenters. The molecule has 0 radical (unpaired) electrons. The quantitative estimate of drug-likeness (QED) is 0.584. The van der Waals surface area contributed by atoms with Gasteiger partial charge in [0.05, 0.1) is 11.6 Å². The van der Waals surface area contributed by atoms with E-state index in [0.29, 0.717) is 5.92 Å². The smallest absolute Gasteiger partial charge is 0.344 e. The number of hydrogen-bond acceptors (Lipinski definition) is 5. The number of esters is 1. The van der Waals surface area contributed by atoms with Gasteiger partial charge in [0, 0.05) is 0 Å². The summed E-state index contributed by atoms with van der Waals surface area (Å²) in [4.78, 5) is 35.3. The van der Waals surface area contributed by atoms with E-state index in [2.05, 4.69) is 31.3 Å². The van der Waals surface area contributed by atoms with Gasteiger partial charge in [-0.05, 0) is 42.5 Å². The summed E-state index contributed by atoms with van der Waals surface area (Å²) in [5.41, 5.74) is 7.63. The van der Waals surface area contributed by atoms with E-state index in [1.807, 2.05) is 19.1 Å². The summed E-state index contributed by atoms with van der Waals surface area (Å²) in [6, 6.07) is 14.2. The molecule has 1 atom stereocenters. The molecule has 0 aromatic heterocycles. The molecule has 0 saturated heterocycles. The second-order valence-corrected chi connectivity index (χ2v) is 7.44. The number of ether oxygens (including phenoxy) is 2. The monoisotopic (exact) mass is 412 g/mol. The molecule has 160 valence electrons. The van der Waals surface area contributed by atoms with E-state index in [1.165, 1.54) is 17.7 Å². The Hall–Kier alpha value is -3.35. The van der Waals surface area contributed by atoms with Gasteiger partial charge in [0.2, 0.25) is 0 Å². The Morgan fingerprint density at radius 2 is 1.63 bits per heavy atom. The van der Waals surface area contributed by atoms with E-state index in [9.17, 15) is 14.4 Å². The van der Waals surface area contributed by atoms with Crippen LogP contribution in [0.1, 0.15) is 48.3 Å². The first-order chi connectivity index (χ1) is 14.3. The van der Waals surface area contributed by atoms with E-state index in [0.717, 1.165) is 12.0 Å². The summed E-state index contributed by atoms with van der Waals surface area (Å²) < 4.78 is 10.2. The van der Waals surface area contributed by atoms with Crippen molar-refractivity contribution in [3.05, 3.63) is 65.2 Å². The normalized spacial score (nSPS) is 11.6.